The predicted octanol–water partition coefficient (Wildman–Crippen LogP) is 0.622. The molecular formula is C11H15NO4S. The molecule has 0 aliphatic heterocycles. The number of rotatable bonds is 5. The number of esters is 1. The van der Waals surface area contributed by atoms with Crippen molar-refractivity contribution in [1.82, 2.24) is 0 Å². The number of carbonyl (C=O) groups is 1. The molecule has 1 unspecified atom stereocenters. The lowest BCUT2D eigenvalue weighted by atomic mass is 9.97. The number of hydrogen-bond donors (Lipinski definition) is 1. The summed E-state index contributed by atoms with van der Waals surface area (Å²) < 4.78 is 26.5. The standard InChI is InChI=1S/C11H15NO4S/c1-16-11(13)10(7-8-17(12,14)15)9-5-3-2-4-6-9/h2-6,10H,7-8H2,1H3,(H2,12,14,15). The van der Waals surface area contributed by atoms with Crippen molar-refractivity contribution < 1.29 is 17.9 Å². The molecule has 1 aromatic carbocycles. The summed E-state index contributed by atoms with van der Waals surface area (Å²) in [5.74, 6) is -1.30. The summed E-state index contributed by atoms with van der Waals surface area (Å²) in [4.78, 5) is 11.6. The first-order valence-corrected chi connectivity index (χ1v) is 6.79. The number of hydrogen-bond acceptors (Lipinski definition) is 4. The normalized spacial score (nSPS) is 13.1. The molecule has 0 radical (unpaired) electrons. The van der Waals surface area contributed by atoms with Crippen molar-refractivity contribution in [3.63, 3.8) is 0 Å². The Labute approximate surface area is 101 Å². The average molecular weight is 257 g/mol. The molecule has 1 aromatic rings. The Morgan fingerprint density at radius 3 is 2.41 bits per heavy atom. The van der Waals surface area contributed by atoms with Gasteiger partial charge < -0.3 is 4.74 Å². The second-order valence-corrected chi connectivity index (χ2v) is 5.38. The summed E-state index contributed by atoms with van der Waals surface area (Å²) in [6.45, 7) is 0. The Kier molecular flexibility index (Phi) is 4.65. The van der Waals surface area contributed by atoms with E-state index in [1.165, 1.54) is 7.11 Å². The van der Waals surface area contributed by atoms with Crippen LogP contribution in [0.5, 0.6) is 0 Å². The lowest BCUT2D eigenvalue weighted by molar-refractivity contribution is -0.142. The Balaban J connectivity index is 2.86. The van der Waals surface area contributed by atoms with Gasteiger partial charge in [0.05, 0.1) is 18.8 Å². The smallest absolute Gasteiger partial charge is 0.313 e. The third-order valence-corrected chi connectivity index (χ3v) is 3.18. The molecule has 6 heteroatoms. The molecule has 0 bridgehead atoms. The van der Waals surface area contributed by atoms with Gasteiger partial charge in [-0.25, -0.2) is 13.6 Å². The zero-order chi connectivity index (χ0) is 12.9. The largest absolute Gasteiger partial charge is 0.469 e. The third-order valence-electron chi connectivity index (χ3n) is 2.38. The van der Waals surface area contributed by atoms with Gasteiger partial charge in [-0.15, -0.1) is 0 Å². The Bertz CT molecular complexity index is 470. The van der Waals surface area contributed by atoms with Crippen LogP contribution in [0.15, 0.2) is 30.3 Å². The second-order valence-electron chi connectivity index (χ2n) is 3.64. The summed E-state index contributed by atoms with van der Waals surface area (Å²) in [5, 5.41) is 4.92. The molecule has 0 saturated carbocycles. The van der Waals surface area contributed by atoms with Crippen molar-refractivity contribution in [3.8, 4) is 0 Å². The van der Waals surface area contributed by atoms with Gasteiger partial charge in [-0.3, -0.25) is 4.79 Å². The zero-order valence-electron chi connectivity index (χ0n) is 9.50. The average Bonchev–Trinajstić information content (AvgIpc) is 2.29. The number of primary sulfonamides is 1. The van der Waals surface area contributed by atoms with Gasteiger partial charge >= 0.3 is 5.97 Å². The highest BCUT2D eigenvalue weighted by Crippen LogP contribution is 2.21. The van der Waals surface area contributed by atoms with E-state index in [1.807, 2.05) is 6.07 Å². The van der Waals surface area contributed by atoms with Gasteiger partial charge in [-0.2, -0.15) is 0 Å². The molecule has 0 spiro atoms. The molecule has 0 heterocycles. The molecule has 94 valence electrons. The first kappa shape index (κ1) is 13.7. The minimum absolute atomic E-state index is 0.121. The molecule has 0 saturated heterocycles. The molecule has 0 aliphatic rings. The van der Waals surface area contributed by atoms with Crippen LogP contribution < -0.4 is 5.14 Å². The highest BCUT2D eigenvalue weighted by Gasteiger charge is 2.22. The number of carbonyl (C=O) groups excluding carboxylic acids is 1. The van der Waals surface area contributed by atoms with Crippen molar-refractivity contribution >= 4 is 16.0 Å². The van der Waals surface area contributed by atoms with Crippen LogP contribution in [0.25, 0.3) is 0 Å². The predicted molar refractivity (Wildman–Crippen MR) is 63.8 cm³/mol. The van der Waals surface area contributed by atoms with Crippen LogP contribution >= 0.6 is 0 Å². The highest BCUT2D eigenvalue weighted by atomic mass is 32.2. The molecule has 5 nitrogen and oxygen atoms in total. The van der Waals surface area contributed by atoms with Gasteiger partial charge in [-0.05, 0) is 12.0 Å². The van der Waals surface area contributed by atoms with Crippen LogP contribution in [0, 0.1) is 0 Å². The number of ether oxygens (including phenoxy) is 1. The van der Waals surface area contributed by atoms with Gasteiger partial charge in [0.25, 0.3) is 0 Å². The third kappa shape index (κ3) is 4.54. The van der Waals surface area contributed by atoms with Gasteiger partial charge in [0.15, 0.2) is 0 Å². The van der Waals surface area contributed by atoms with Crippen LogP contribution in [0.3, 0.4) is 0 Å². The quantitative estimate of drug-likeness (QED) is 0.783. The minimum atomic E-state index is -3.58. The van der Waals surface area contributed by atoms with E-state index >= 15 is 0 Å². The van der Waals surface area contributed by atoms with Crippen LogP contribution in [0.4, 0.5) is 0 Å². The monoisotopic (exact) mass is 257 g/mol. The van der Waals surface area contributed by atoms with E-state index in [1.54, 1.807) is 24.3 Å². The summed E-state index contributed by atoms with van der Waals surface area (Å²) in [6, 6.07) is 8.89. The van der Waals surface area contributed by atoms with E-state index in [-0.39, 0.29) is 12.2 Å². The van der Waals surface area contributed by atoms with Gasteiger partial charge in [0.2, 0.25) is 10.0 Å². The Hall–Kier alpha value is -1.40. The van der Waals surface area contributed by atoms with Gasteiger partial charge in [-0.1, -0.05) is 30.3 Å². The molecule has 1 atom stereocenters. The summed E-state index contributed by atoms with van der Waals surface area (Å²) >= 11 is 0. The Morgan fingerprint density at radius 2 is 1.94 bits per heavy atom. The van der Waals surface area contributed by atoms with Crippen molar-refractivity contribution in [2.45, 2.75) is 12.3 Å². The summed E-state index contributed by atoms with van der Waals surface area (Å²) in [7, 11) is -2.30. The maximum Gasteiger partial charge on any atom is 0.313 e. The van der Waals surface area contributed by atoms with Crippen molar-refractivity contribution in [1.29, 1.82) is 0 Å². The van der Waals surface area contributed by atoms with Gasteiger partial charge in [0.1, 0.15) is 0 Å². The molecule has 0 fully saturated rings. The highest BCUT2D eigenvalue weighted by molar-refractivity contribution is 7.89. The second kappa shape index (κ2) is 5.79. The van der Waals surface area contributed by atoms with Crippen molar-refractivity contribution in [2.75, 3.05) is 12.9 Å². The number of sulfonamides is 1. The first-order chi connectivity index (χ1) is 7.94. The fraction of sp³-hybridized carbons (Fsp3) is 0.364. The number of nitrogens with two attached hydrogens (primary N) is 1. The molecule has 0 aromatic heterocycles. The minimum Gasteiger partial charge on any atom is -0.469 e. The maximum atomic E-state index is 11.6. The number of methoxy groups -OCH3 is 1. The lowest BCUT2D eigenvalue weighted by Crippen LogP contribution is -2.22. The molecule has 0 amide bonds. The van der Waals surface area contributed by atoms with Crippen LogP contribution in [0.2, 0.25) is 0 Å². The summed E-state index contributed by atoms with van der Waals surface area (Å²) in [5.41, 5.74) is 0.725. The zero-order valence-corrected chi connectivity index (χ0v) is 10.3. The molecule has 17 heavy (non-hydrogen) atoms. The first-order valence-electron chi connectivity index (χ1n) is 5.07. The maximum absolute atomic E-state index is 11.6. The van der Waals surface area contributed by atoms with Crippen LogP contribution in [-0.4, -0.2) is 27.2 Å². The molecule has 1 rings (SSSR count). The van der Waals surface area contributed by atoms with E-state index in [2.05, 4.69) is 4.74 Å². The fourth-order valence-corrected chi connectivity index (χ4v) is 2.09. The van der Waals surface area contributed by atoms with Crippen LogP contribution in [-0.2, 0) is 19.6 Å². The fourth-order valence-electron chi connectivity index (χ4n) is 1.53. The van der Waals surface area contributed by atoms with E-state index < -0.39 is 21.9 Å². The SMILES string of the molecule is COC(=O)C(CCS(N)(=O)=O)c1ccccc1. The van der Waals surface area contributed by atoms with Gasteiger partial charge in [0, 0.05) is 0 Å². The van der Waals surface area contributed by atoms with E-state index in [9.17, 15) is 13.2 Å². The Morgan fingerprint density at radius 1 is 1.35 bits per heavy atom. The summed E-state index contributed by atoms with van der Waals surface area (Å²) in [6.07, 6.45) is 0.121. The number of benzene rings is 1. The molecule has 2 N–H and O–H groups in total. The van der Waals surface area contributed by atoms with E-state index in [0.717, 1.165) is 5.56 Å². The van der Waals surface area contributed by atoms with Crippen molar-refractivity contribution in [2.24, 2.45) is 5.14 Å². The van der Waals surface area contributed by atoms with Crippen molar-refractivity contribution in [3.05, 3.63) is 35.9 Å². The van der Waals surface area contributed by atoms with Crippen LogP contribution in [0.1, 0.15) is 17.9 Å². The lowest BCUT2D eigenvalue weighted by Gasteiger charge is -2.14. The van der Waals surface area contributed by atoms with E-state index in [0.29, 0.717) is 0 Å². The topological polar surface area (TPSA) is 86.5 Å². The molecular weight excluding hydrogens is 242 g/mol. The van der Waals surface area contributed by atoms with E-state index in [4.69, 9.17) is 5.14 Å². The molecule has 0 aliphatic carbocycles.